The third-order valence-corrected chi connectivity index (χ3v) is 2.40. The van der Waals surface area contributed by atoms with Crippen LogP contribution in [-0.4, -0.2) is 24.9 Å². The molecule has 1 N–H and O–H groups in total. The zero-order valence-electron chi connectivity index (χ0n) is 10.2. The molecule has 0 amide bonds. The Bertz CT molecular complexity index is 323. The molecule has 1 aromatic carbocycles. The first-order chi connectivity index (χ1) is 7.74. The van der Waals surface area contributed by atoms with E-state index < -0.39 is 0 Å². The summed E-state index contributed by atoms with van der Waals surface area (Å²) in [5.74, 6) is 1.57. The van der Waals surface area contributed by atoms with Crippen molar-refractivity contribution in [3.8, 4) is 11.5 Å². The number of benzene rings is 1. The highest BCUT2D eigenvalue weighted by molar-refractivity contribution is 5.48. The number of hydrogen-bond donors (Lipinski definition) is 1. The van der Waals surface area contributed by atoms with Crippen LogP contribution in [-0.2, 0) is 0 Å². The van der Waals surface area contributed by atoms with Gasteiger partial charge in [-0.1, -0.05) is 19.1 Å². The summed E-state index contributed by atoms with van der Waals surface area (Å²) in [6, 6.07) is 5.78. The molecule has 3 heteroatoms. The molecule has 0 aliphatic rings. The molecule has 1 unspecified atom stereocenters. The van der Waals surface area contributed by atoms with E-state index in [0.717, 1.165) is 17.1 Å². The highest BCUT2D eigenvalue weighted by Gasteiger charge is 2.15. The van der Waals surface area contributed by atoms with E-state index in [1.165, 1.54) is 0 Å². The minimum absolute atomic E-state index is 0.0574. The predicted octanol–water partition coefficient (Wildman–Crippen LogP) is 2.58. The van der Waals surface area contributed by atoms with Gasteiger partial charge in [-0.25, -0.2) is 0 Å². The number of hydrogen-bond acceptors (Lipinski definition) is 3. The van der Waals surface area contributed by atoms with Gasteiger partial charge in [-0.3, -0.25) is 0 Å². The van der Waals surface area contributed by atoms with Gasteiger partial charge in [-0.15, -0.1) is 0 Å². The summed E-state index contributed by atoms with van der Waals surface area (Å²) < 4.78 is 11.1. The average Bonchev–Trinajstić information content (AvgIpc) is 2.31. The molecule has 1 atom stereocenters. The highest BCUT2D eigenvalue weighted by Crippen LogP contribution is 2.35. The predicted molar refractivity (Wildman–Crippen MR) is 64.3 cm³/mol. The van der Waals surface area contributed by atoms with Gasteiger partial charge in [0.1, 0.15) is 0 Å². The Labute approximate surface area is 97.0 Å². The molecule has 90 valence electrons. The maximum atomic E-state index is 9.21. The third-order valence-electron chi connectivity index (χ3n) is 2.40. The molecule has 0 saturated carbocycles. The van der Waals surface area contributed by atoms with Gasteiger partial charge in [0.25, 0.3) is 0 Å². The van der Waals surface area contributed by atoms with Gasteiger partial charge in [0.05, 0.1) is 13.2 Å². The Kier molecular flexibility index (Phi) is 5.12. The van der Waals surface area contributed by atoms with Crippen molar-refractivity contribution in [1.29, 1.82) is 0 Å². The van der Waals surface area contributed by atoms with Gasteiger partial charge in [-0.05, 0) is 19.9 Å². The third kappa shape index (κ3) is 2.89. The summed E-state index contributed by atoms with van der Waals surface area (Å²) >= 11 is 0. The molecule has 16 heavy (non-hydrogen) atoms. The van der Waals surface area contributed by atoms with E-state index in [1.54, 1.807) is 0 Å². The maximum absolute atomic E-state index is 9.21. The molecule has 1 rings (SSSR count). The lowest BCUT2D eigenvalue weighted by Gasteiger charge is -2.17. The van der Waals surface area contributed by atoms with Crippen LogP contribution in [0.2, 0.25) is 0 Å². The van der Waals surface area contributed by atoms with E-state index in [1.807, 2.05) is 39.0 Å². The molecule has 0 aliphatic carbocycles. The largest absolute Gasteiger partial charge is 0.490 e. The van der Waals surface area contributed by atoms with Gasteiger partial charge in [0.15, 0.2) is 11.5 Å². The van der Waals surface area contributed by atoms with E-state index in [-0.39, 0.29) is 12.5 Å². The van der Waals surface area contributed by atoms with Gasteiger partial charge >= 0.3 is 0 Å². The lowest BCUT2D eigenvalue weighted by atomic mass is 10.0. The minimum Gasteiger partial charge on any atom is -0.490 e. The standard InChI is InChI=1S/C13H20O3/c1-4-15-12-8-6-7-11(10(3)9-14)13(12)16-5-2/h6-8,10,14H,4-5,9H2,1-3H3. The molecule has 3 nitrogen and oxygen atoms in total. The molecule has 0 saturated heterocycles. The van der Waals surface area contributed by atoms with Crippen LogP contribution >= 0.6 is 0 Å². The zero-order valence-corrected chi connectivity index (χ0v) is 10.2. The zero-order chi connectivity index (χ0) is 12.0. The first kappa shape index (κ1) is 12.8. The topological polar surface area (TPSA) is 38.7 Å². The maximum Gasteiger partial charge on any atom is 0.164 e. The summed E-state index contributed by atoms with van der Waals surface area (Å²) in [5, 5.41) is 9.21. The highest BCUT2D eigenvalue weighted by atomic mass is 16.5. The molecular formula is C13H20O3. The number of para-hydroxylation sites is 1. The molecule has 0 heterocycles. The quantitative estimate of drug-likeness (QED) is 0.807. The number of aliphatic hydroxyl groups excluding tert-OH is 1. The van der Waals surface area contributed by atoms with Gasteiger partial charge < -0.3 is 14.6 Å². The van der Waals surface area contributed by atoms with Crippen molar-refractivity contribution in [2.45, 2.75) is 26.7 Å². The van der Waals surface area contributed by atoms with Crippen LogP contribution < -0.4 is 9.47 Å². The second-order valence-electron chi connectivity index (χ2n) is 3.62. The van der Waals surface area contributed by atoms with Crippen molar-refractivity contribution in [3.05, 3.63) is 23.8 Å². The fraction of sp³-hybridized carbons (Fsp3) is 0.538. The monoisotopic (exact) mass is 224 g/mol. The summed E-state index contributed by atoms with van der Waals surface area (Å²) in [5.41, 5.74) is 0.996. The molecule has 0 fully saturated rings. The fourth-order valence-electron chi connectivity index (χ4n) is 1.59. The second kappa shape index (κ2) is 6.38. The molecule has 0 aromatic heterocycles. The normalized spacial score (nSPS) is 12.2. The first-order valence-electron chi connectivity index (χ1n) is 5.73. The fourth-order valence-corrected chi connectivity index (χ4v) is 1.59. The Balaban J connectivity index is 3.09. The molecule has 1 aromatic rings. The van der Waals surface area contributed by atoms with Crippen LogP contribution in [0.5, 0.6) is 11.5 Å². The Hall–Kier alpha value is -1.22. The Morgan fingerprint density at radius 3 is 2.44 bits per heavy atom. The van der Waals surface area contributed by atoms with E-state index in [2.05, 4.69) is 0 Å². The van der Waals surface area contributed by atoms with Crippen LogP contribution in [0.1, 0.15) is 32.3 Å². The molecule has 0 bridgehead atoms. The van der Waals surface area contributed by atoms with Crippen molar-refractivity contribution in [2.75, 3.05) is 19.8 Å². The SMILES string of the molecule is CCOc1cccc(C(C)CO)c1OCC. The van der Waals surface area contributed by atoms with Crippen molar-refractivity contribution in [1.82, 2.24) is 0 Å². The summed E-state index contributed by atoms with van der Waals surface area (Å²) in [4.78, 5) is 0. The van der Waals surface area contributed by atoms with Gasteiger partial charge in [0.2, 0.25) is 0 Å². The van der Waals surface area contributed by atoms with Crippen molar-refractivity contribution in [2.24, 2.45) is 0 Å². The summed E-state index contributed by atoms with van der Waals surface area (Å²) in [6.45, 7) is 7.16. The molecular weight excluding hydrogens is 204 g/mol. The van der Waals surface area contributed by atoms with E-state index in [9.17, 15) is 5.11 Å². The molecule has 0 aliphatic heterocycles. The van der Waals surface area contributed by atoms with Gasteiger partial charge in [0, 0.05) is 18.1 Å². The number of aliphatic hydroxyl groups is 1. The van der Waals surface area contributed by atoms with Gasteiger partial charge in [-0.2, -0.15) is 0 Å². The smallest absolute Gasteiger partial charge is 0.164 e. The Morgan fingerprint density at radius 1 is 1.19 bits per heavy atom. The van der Waals surface area contributed by atoms with Crippen LogP contribution in [0.3, 0.4) is 0 Å². The van der Waals surface area contributed by atoms with E-state index >= 15 is 0 Å². The van der Waals surface area contributed by atoms with Crippen molar-refractivity contribution in [3.63, 3.8) is 0 Å². The lowest BCUT2D eigenvalue weighted by molar-refractivity contribution is 0.259. The van der Waals surface area contributed by atoms with Crippen LogP contribution in [0.4, 0.5) is 0 Å². The van der Waals surface area contributed by atoms with Crippen LogP contribution in [0.15, 0.2) is 18.2 Å². The second-order valence-corrected chi connectivity index (χ2v) is 3.62. The summed E-state index contributed by atoms with van der Waals surface area (Å²) in [7, 11) is 0. The first-order valence-corrected chi connectivity index (χ1v) is 5.73. The average molecular weight is 224 g/mol. The van der Waals surface area contributed by atoms with Crippen molar-refractivity contribution < 1.29 is 14.6 Å². The van der Waals surface area contributed by atoms with Crippen LogP contribution in [0.25, 0.3) is 0 Å². The Morgan fingerprint density at radius 2 is 1.88 bits per heavy atom. The molecule has 0 radical (unpaired) electrons. The number of ether oxygens (including phenoxy) is 2. The minimum atomic E-state index is 0.0574. The lowest BCUT2D eigenvalue weighted by Crippen LogP contribution is -2.06. The van der Waals surface area contributed by atoms with Crippen molar-refractivity contribution >= 4 is 0 Å². The number of rotatable bonds is 6. The molecule has 0 spiro atoms. The van der Waals surface area contributed by atoms with Crippen LogP contribution in [0, 0.1) is 0 Å². The summed E-state index contributed by atoms with van der Waals surface area (Å²) in [6.07, 6.45) is 0. The van der Waals surface area contributed by atoms with E-state index in [0.29, 0.717) is 13.2 Å². The van der Waals surface area contributed by atoms with E-state index in [4.69, 9.17) is 9.47 Å².